The Balaban J connectivity index is 2.64. The van der Waals surface area contributed by atoms with Crippen molar-refractivity contribution in [3.63, 3.8) is 0 Å². The lowest BCUT2D eigenvalue weighted by Gasteiger charge is -2.16. The maximum Gasteiger partial charge on any atom is 0.251 e. The molecule has 1 aromatic carbocycles. The van der Waals surface area contributed by atoms with Crippen molar-refractivity contribution in [3.05, 3.63) is 18.2 Å². The van der Waals surface area contributed by atoms with Crippen molar-refractivity contribution in [2.24, 2.45) is 0 Å². The van der Waals surface area contributed by atoms with Crippen molar-refractivity contribution in [2.75, 3.05) is 38.3 Å². The second-order valence-electron chi connectivity index (χ2n) is 4.10. The molecule has 0 radical (unpaired) electrons. The van der Waals surface area contributed by atoms with Crippen LogP contribution in [0.5, 0.6) is 5.75 Å². The molecule has 1 amide bonds. The zero-order chi connectivity index (χ0) is 14.4. The number of nitrogens with two attached hydrogens (primary N) is 1. The van der Waals surface area contributed by atoms with E-state index >= 15 is 0 Å². The van der Waals surface area contributed by atoms with E-state index in [4.69, 9.17) is 10.5 Å². The SMILES string of the molecule is COc1ccc(N)cc1NC(=O)CN(C)CC(F)F. The summed E-state index contributed by atoms with van der Waals surface area (Å²) in [7, 11) is 2.91. The van der Waals surface area contributed by atoms with Gasteiger partial charge in [-0.3, -0.25) is 9.69 Å². The van der Waals surface area contributed by atoms with Gasteiger partial charge in [0.2, 0.25) is 5.91 Å². The van der Waals surface area contributed by atoms with Crippen LogP contribution in [0.2, 0.25) is 0 Å². The first-order chi connectivity index (χ1) is 8.92. The second kappa shape index (κ2) is 6.89. The molecular weight excluding hydrogens is 256 g/mol. The minimum absolute atomic E-state index is 0.137. The number of halogens is 2. The highest BCUT2D eigenvalue weighted by Gasteiger charge is 2.13. The van der Waals surface area contributed by atoms with Gasteiger partial charge in [0, 0.05) is 5.69 Å². The summed E-state index contributed by atoms with van der Waals surface area (Å²) in [6, 6.07) is 4.80. The highest BCUT2D eigenvalue weighted by atomic mass is 19.3. The minimum atomic E-state index is -2.47. The molecule has 106 valence electrons. The number of nitrogens with zero attached hydrogens (tertiary/aromatic N) is 1. The summed E-state index contributed by atoms with van der Waals surface area (Å²) in [6.45, 7) is -0.593. The van der Waals surface area contributed by atoms with Crippen LogP contribution in [0.3, 0.4) is 0 Å². The molecule has 0 aliphatic carbocycles. The summed E-state index contributed by atoms with van der Waals surface area (Å²) >= 11 is 0. The summed E-state index contributed by atoms with van der Waals surface area (Å²) in [4.78, 5) is 12.9. The number of anilines is 2. The molecule has 0 saturated heterocycles. The van der Waals surface area contributed by atoms with Gasteiger partial charge in [-0.15, -0.1) is 0 Å². The van der Waals surface area contributed by atoms with Gasteiger partial charge in [0.25, 0.3) is 6.43 Å². The van der Waals surface area contributed by atoms with Crippen LogP contribution >= 0.6 is 0 Å². The molecule has 0 spiro atoms. The van der Waals surface area contributed by atoms with Crippen molar-refractivity contribution in [3.8, 4) is 5.75 Å². The zero-order valence-corrected chi connectivity index (χ0v) is 10.8. The molecule has 0 heterocycles. The Labute approximate surface area is 110 Å². The van der Waals surface area contributed by atoms with Crippen molar-refractivity contribution in [1.29, 1.82) is 0 Å². The van der Waals surface area contributed by atoms with Gasteiger partial charge in [0.05, 0.1) is 25.9 Å². The quantitative estimate of drug-likeness (QED) is 0.769. The van der Waals surface area contributed by atoms with E-state index in [0.29, 0.717) is 17.1 Å². The normalized spacial score (nSPS) is 10.8. The fourth-order valence-electron chi connectivity index (χ4n) is 1.56. The van der Waals surface area contributed by atoms with E-state index in [1.54, 1.807) is 18.2 Å². The largest absolute Gasteiger partial charge is 0.495 e. The lowest BCUT2D eigenvalue weighted by molar-refractivity contribution is -0.117. The number of ether oxygens (including phenoxy) is 1. The van der Waals surface area contributed by atoms with E-state index in [9.17, 15) is 13.6 Å². The number of alkyl halides is 2. The molecule has 0 unspecified atom stereocenters. The number of carbonyl (C=O) groups is 1. The molecule has 1 aromatic rings. The molecular formula is C12H17F2N3O2. The summed E-state index contributed by atoms with van der Waals surface area (Å²) in [5.74, 6) is 0.0473. The number of rotatable bonds is 6. The Morgan fingerprint density at radius 2 is 2.21 bits per heavy atom. The predicted molar refractivity (Wildman–Crippen MR) is 69.5 cm³/mol. The number of benzene rings is 1. The molecule has 0 bridgehead atoms. The second-order valence-corrected chi connectivity index (χ2v) is 4.10. The Morgan fingerprint density at radius 3 is 2.79 bits per heavy atom. The van der Waals surface area contributed by atoms with Crippen LogP contribution in [-0.4, -0.2) is 44.5 Å². The van der Waals surface area contributed by atoms with Crippen LogP contribution in [0, 0.1) is 0 Å². The monoisotopic (exact) mass is 273 g/mol. The average molecular weight is 273 g/mol. The number of hydrogen-bond donors (Lipinski definition) is 2. The summed E-state index contributed by atoms with van der Waals surface area (Å²) in [5, 5.41) is 2.58. The third-order valence-corrected chi connectivity index (χ3v) is 2.36. The number of likely N-dealkylation sites (N-methyl/N-ethyl adjacent to an activating group) is 1. The van der Waals surface area contributed by atoms with Gasteiger partial charge in [-0.25, -0.2) is 8.78 Å². The Kier molecular flexibility index (Phi) is 5.50. The summed E-state index contributed by atoms with van der Waals surface area (Å²) in [6.07, 6.45) is -2.47. The van der Waals surface area contributed by atoms with Crippen LogP contribution in [0.25, 0.3) is 0 Å². The molecule has 0 aromatic heterocycles. The Bertz CT molecular complexity index is 441. The van der Waals surface area contributed by atoms with Crippen molar-refractivity contribution >= 4 is 17.3 Å². The van der Waals surface area contributed by atoms with Crippen LogP contribution in [0.4, 0.5) is 20.2 Å². The van der Waals surface area contributed by atoms with E-state index in [0.717, 1.165) is 0 Å². The van der Waals surface area contributed by atoms with Gasteiger partial charge < -0.3 is 15.8 Å². The molecule has 3 N–H and O–H groups in total. The van der Waals surface area contributed by atoms with E-state index in [1.807, 2.05) is 0 Å². The maximum atomic E-state index is 12.1. The molecule has 0 saturated carbocycles. The minimum Gasteiger partial charge on any atom is -0.495 e. The van der Waals surface area contributed by atoms with E-state index in [-0.39, 0.29) is 6.54 Å². The van der Waals surface area contributed by atoms with Gasteiger partial charge in [-0.2, -0.15) is 0 Å². The topological polar surface area (TPSA) is 67.6 Å². The first-order valence-electron chi connectivity index (χ1n) is 5.62. The lowest BCUT2D eigenvalue weighted by atomic mass is 10.2. The van der Waals surface area contributed by atoms with Gasteiger partial charge in [0.15, 0.2) is 0 Å². The molecule has 0 aliphatic rings. The fourth-order valence-corrected chi connectivity index (χ4v) is 1.56. The maximum absolute atomic E-state index is 12.1. The van der Waals surface area contributed by atoms with Crippen LogP contribution in [0.1, 0.15) is 0 Å². The lowest BCUT2D eigenvalue weighted by Crippen LogP contribution is -2.33. The number of carbonyl (C=O) groups excluding carboxylic acids is 1. The Hall–Kier alpha value is -1.89. The predicted octanol–water partition coefficient (Wildman–Crippen LogP) is 1.41. The molecule has 5 nitrogen and oxygen atoms in total. The van der Waals surface area contributed by atoms with Gasteiger partial charge in [-0.1, -0.05) is 0 Å². The van der Waals surface area contributed by atoms with Gasteiger partial charge in [-0.05, 0) is 25.2 Å². The van der Waals surface area contributed by atoms with Gasteiger partial charge in [0.1, 0.15) is 5.75 Å². The zero-order valence-electron chi connectivity index (χ0n) is 10.8. The van der Waals surface area contributed by atoms with Crippen LogP contribution < -0.4 is 15.8 Å². The smallest absolute Gasteiger partial charge is 0.251 e. The van der Waals surface area contributed by atoms with E-state index < -0.39 is 18.9 Å². The van der Waals surface area contributed by atoms with Crippen molar-refractivity contribution in [1.82, 2.24) is 4.90 Å². The third-order valence-electron chi connectivity index (χ3n) is 2.36. The van der Waals surface area contributed by atoms with Crippen molar-refractivity contribution in [2.45, 2.75) is 6.43 Å². The fraction of sp³-hybridized carbons (Fsp3) is 0.417. The first-order valence-corrected chi connectivity index (χ1v) is 5.62. The van der Waals surface area contributed by atoms with Crippen LogP contribution in [0.15, 0.2) is 18.2 Å². The highest BCUT2D eigenvalue weighted by Crippen LogP contribution is 2.26. The number of nitrogens with one attached hydrogen (secondary N) is 1. The Morgan fingerprint density at radius 1 is 1.53 bits per heavy atom. The average Bonchev–Trinajstić information content (AvgIpc) is 2.27. The summed E-state index contributed by atoms with van der Waals surface area (Å²) in [5.41, 5.74) is 6.49. The molecule has 0 fully saturated rings. The van der Waals surface area contributed by atoms with E-state index in [2.05, 4.69) is 5.32 Å². The molecule has 19 heavy (non-hydrogen) atoms. The summed E-state index contributed by atoms with van der Waals surface area (Å²) < 4.78 is 29.3. The number of hydrogen-bond acceptors (Lipinski definition) is 4. The molecule has 0 atom stereocenters. The van der Waals surface area contributed by atoms with Gasteiger partial charge >= 0.3 is 0 Å². The van der Waals surface area contributed by atoms with Crippen LogP contribution in [-0.2, 0) is 4.79 Å². The number of methoxy groups -OCH3 is 1. The molecule has 7 heteroatoms. The van der Waals surface area contributed by atoms with Crippen molar-refractivity contribution < 1.29 is 18.3 Å². The highest BCUT2D eigenvalue weighted by molar-refractivity contribution is 5.94. The molecule has 1 rings (SSSR count). The van der Waals surface area contributed by atoms with E-state index in [1.165, 1.54) is 19.1 Å². The molecule has 0 aliphatic heterocycles. The first kappa shape index (κ1) is 15.2. The standard InChI is InChI=1S/C12H17F2N3O2/c1-17(6-11(13)14)7-12(18)16-9-5-8(15)3-4-10(9)19-2/h3-5,11H,6-7,15H2,1-2H3,(H,16,18). The number of nitrogen functional groups attached to an aromatic ring is 1. The number of amides is 1. The third kappa shape index (κ3) is 5.09.